The molecule has 1 saturated heterocycles. The Bertz CT molecular complexity index is 529. The second-order valence-electron chi connectivity index (χ2n) is 5.14. The summed E-state index contributed by atoms with van der Waals surface area (Å²) in [4.78, 5) is 36.3. The number of Topliss-reactive ketones (excluding diaryl/α,β-unsaturated/α-hetero) is 1. The summed E-state index contributed by atoms with van der Waals surface area (Å²) in [6, 6.07) is 1.77. The molecule has 1 fully saturated rings. The Kier molecular flexibility index (Phi) is 6.43. The smallest absolute Gasteiger partial charge is 0.333 e. The van der Waals surface area contributed by atoms with Crippen LogP contribution in [0.3, 0.4) is 0 Å². The van der Waals surface area contributed by atoms with Gasteiger partial charge in [-0.3, -0.25) is 9.59 Å². The van der Waals surface area contributed by atoms with Crippen LogP contribution in [0.4, 0.5) is 0 Å². The van der Waals surface area contributed by atoms with Crippen molar-refractivity contribution in [2.45, 2.75) is 44.6 Å². The standard InChI is InChI=1S/C14H19N3O4S/c1-3-4-5-6-9(18)7-14(12(20)21-2)10(8-15)11(19)16-13(22)17-14/h10H,3-7H2,1-2H3,(H2,16,17,19,22)/t10-,14-/m1/s1. The molecule has 0 bridgehead atoms. The van der Waals surface area contributed by atoms with Crippen molar-refractivity contribution < 1.29 is 19.1 Å². The number of ether oxygens (including phenoxy) is 1. The number of hydrogen-bond donors (Lipinski definition) is 2. The molecule has 0 aromatic rings. The van der Waals surface area contributed by atoms with Gasteiger partial charge in [-0.25, -0.2) is 4.79 Å². The maximum atomic E-state index is 12.2. The van der Waals surface area contributed by atoms with Gasteiger partial charge in [-0.1, -0.05) is 19.8 Å². The van der Waals surface area contributed by atoms with Crippen LogP contribution in [0, 0.1) is 17.2 Å². The number of nitrogens with zero attached hydrogens (tertiary/aromatic N) is 1. The van der Waals surface area contributed by atoms with Crippen molar-refractivity contribution in [1.82, 2.24) is 10.6 Å². The topological polar surface area (TPSA) is 108 Å². The maximum absolute atomic E-state index is 12.2. The van der Waals surface area contributed by atoms with E-state index in [-0.39, 0.29) is 23.7 Å². The number of ketones is 1. The molecule has 120 valence electrons. The summed E-state index contributed by atoms with van der Waals surface area (Å²) in [7, 11) is 1.14. The monoisotopic (exact) mass is 325 g/mol. The third kappa shape index (κ3) is 3.80. The fourth-order valence-electron chi connectivity index (χ4n) is 2.42. The number of rotatable bonds is 7. The summed E-state index contributed by atoms with van der Waals surface area (Å²) < 4.78 is 4.70. The molecule has 2 atom stereocenters. The summed E-state index contributed by atoms with van der Waals surface area (Å²) >= 11 is 4.89. The van der Waals surface area contributed by atoms with E-state index in [0.29, 0.717) is 6.42 Å². The molecule has 22 heavy (non-hydrogen) atoms. The molecule has 0 aliphatic carbocycles. The van der Waals surface area contributed by atoms with Crippen molar-refractivity contribution >= 4 is 35.0 Å². The minimum atomic E-state index is -1.76. The van der Waals surface area contributed by atoms with E-state index in [1.165, 1.54) is 0 Å². The normalized spacial score (nSPS) is 24.0. The van der Waals surface area contributed by atoms with Crippen LogP contribution in [0.2, 0.25) is 0 Å². The largest absolute Gasteiger partial charge is 0.467 e. The SMILES string of the molecule is CCCCCC(=O)C[C@@]1(C(=O)OC)NC(=S)NC(=O)[C@H]1C#N. The molecular weight excluding hydrogens is 306 g/mol. The number of thiocarbonyl (C=S) groups is 1. The van der Waals surface area contributed by atoms with Crippen LogP contribution in [-0.4, -0.2) is 35.4 Å². The fourth-order valence-corrected chi connectivity index (χ4v) is 2.71. The number of carbonyl (C=O) groups is 3. The first-order chi connectivity index (χ1) is 10.4. The van der Waals surface area contributed by atoms with Crippen molar-refractivity contribution in [3.05, 3.63) is 0 Å². The van der Waals surface area contributed by atoms with E-state index < -0.39 is 23.3 Å². The lowest BCUT2D eigenvalue weighted by Crippen LogP contribution is -2.70. The number of nitrogens with one attached hydrogen (secondary N) is 2. The third-order valence-electron chi connectivity index (χ3n) is 3.54. The van der Waals surface area contributed by atoms with Gasteiger partial charge in [-0.05, 0) is 18.6 Å². The first-order valence-corrected chi connectivity index (χ1v) is 7.44. The van der Waals surface area contributed by atoms with Crippen LogP contribution >= 0.6 is 12.2 Å². The van der Waals surface area contributed by atoms with Crippen LogP contribution < -0.4 is 10.6 Å². The zero-order chi connectivity index (χ0) is 16.8. The van der Waals surface area contributed by atoms with Crippen molar-refractivity contribution in [1.29, 1.82) is 5.26 Å². The van der Waals surface area contributed by atoms with E-state index in [1.54, 1.807) is 6.07 Å². The fraction of sp³-hybridized carbons (Fsp3) is 0.643. The molecule has 1 amide bonds. The Morgan fingerprint density at radius 3 is 2.68 bits per heavy atom. The molecular formula is C14H19N3O4S. The molecule has 2 N–H and O–H groups in total. The van der Waals surface area contributed by atoms with Gasteiger partial charge in [0.05, 0.1) is 13.2 Å². The quantitative estimate of drug-likeness (QED) is 0.400. The Morgan fingerprint density at radius 2 is 2.14 bits per heavy atom. The summed E-state index contributed by atoms with van der Waals surface area (Å²) in [5, 5.41) is 14.0. The van der Waals surface area contributed by atoms with Crippen molar-refractivity contribution in [2.24, 2.45) is 5.92 Å². The molecule has 1 aliphatic heterocycles. The highest BCUT2D eigenvalue weighted by Crippen LogP contribution is 2.28. The van der Waals surface area contributed by atoms with Crippen molar-refractivity contribution in [2.75, 3.05) is 7.11 Å². The molecule has 0 spiro atoms. The van der Waals surface area contributed by atoms with Crippen molar-refractivity contribution in [3.63, 3.8) is 0 Å². The number of nitriles is 1. The van der Waals surface area contributed by atoms with Crippen LogP contribution in [0.15, 0.2) is 0 Å². The number of methoxy groups -OCH3 is 1. The number of hydrogen-bond acceptors (Lipinski definition) is 6. The predicted octanol–water partition coefficient (Wildman–Crippen LogP) is 0.582. The second kappa shape index (κ2) is 7.84. The molecule has 0 aromatic heterocycles. The van der Waals surface area contributed by atoms with Gasteiger partial charge in [0.25, 0.3) is 0 Å². The second-order valence-corrected chi connectivity index (χ2v) is 5.55. The summed E-state index contributed by atoms with van der Waals surface area (Å²) in [6.45, 7) is 2.01. The molecule has 0 aromatic carbocycles. The van der Waals surface area contributed by atoms with Gasteiger partial charge >= 0.3 is 5.97 Å². The van der Waals surface area contributed by atoms with Crippen LogP contribution in [0.25, 0.3) is 0 Å². The first kappa shape index (κ1) is 18.0. The maximum Gasteiger partial charge on any atom is 0.333 e. The molecule has 1 aliphatic rings. The lowest BCUT2D eigenvalue weighted by molar-refractivity contribution is -0.154. The zero-order valence-corrected chi connectivity index (χ0v) is 13.4. The van der Waals surface area contributed by atoms with Crippen LogP contribution in [0.5, 0.6) is 0 Å². The number of carbonyl (C=O) groups excluding carboxylic acids is 3. The highest BCUT2D eigenvalue weighted by Gasteiger charge is 2.55. The Morgan fingerprint density at radius 1 is 1.45 bits per heavy atom. The molecule has 1 rings (SSSR count). The molecule has 0 unspecified atom stereocenters. The first-order valence-electron chi connectivity index (χ1n) is 7.04. The lowest BCUT2D eigenvalue weighted by atomic mass is 9.78. The summed E-state index contributed by atoms with van der Waals surface area (Å²) in [5.41, 5.74) is -1.76. The molecule has 0 radical (unpaired) electrons. The van der Waals surface area contributed by atoms with Gasteiger partial charge in [0.1, 0.15) is 5.78 Å². The number of esters is 1. The number of unbranched alkanes of at least 4 members (excludes halogenated alkanes) is 2. The van der Waals surface area contributed by atoms with Crippen LogP contribution in [-0.2, 0) is 19.1 Å². The molecule has 1 heterocycles. The average Bonchev–Trinajstić information content (AvgIpc) is 2.46. The van der Waals surface area contributed by atoms with E-state index in [0.717, 1.165) is 20.0 Å². The average molecular weight is 325 g/mol. The van der Waals surface area contributed by atoms with Gasteiger partial charge in [-0.2, -0.15) is 5.26 Å². The third-order valence-corrected chi connectivity index (χ3v) is 3.75. The predicted molar refractivity (Wildman–Crippen MR) is 81.5 cm³/mol. The van der Waals surface area contributed by atoms with Crippen LogP contribution in [0.1, 0.15) is 39.0 Å². The highest BCUT2D eigenvalue weighted by atomic mass is 32.1. The van der Waals surface area contributed by atoms with Gasteiger partial charge < -0.3 is 15.4 Å². The van der Waals surface area contributed by atoms with E-state index in [2.05, 4.69) is 10.6 Å². The molecule has 7 nitrogen and oxygen atoms in total. The highest BCUT2D eigenvalue weighted by molar-refractivity contribution is 7.80. The van der Waals surface area contributed by atoms with Gasteiger partial charge in [0, 0.05) is 12.8 Å². The Hall–Kier alpha value is -2.01. The minimum absolute atomic E-state index is 0.0942. The summed E-state index contributed by atoms with van der Waals surface area (Å²) in [5.74, 6) is -3.16. The number of amides is 1. The van der Waals surface area contributed by atoms with E-state index in [9.17, 15) is 19.6 Å². The van der Waals surface area contributed by atoms with Gasteiger partial charge in [0.2, 0.25) is 5.91 Å². The van der Waals surface area contributed by atoms with Gasteiger partial charge in [-0.15, -0.1) is 0 Å². The molecule has 8 heteroatoms. The summed E-state index contributed by atoms with van der Waals surface area (Å²) in [6.07, 6.45) is 2.52. The molecule has 0 saturated carbocycles. The lowest BCUT2D eigenvalue weighted by Gasteiger charge is -2.38. The Labute approximate surface area is 134 Å². The van der Waals surface area contributed by atoms with Gasteiger partial charge in [0.15, 0.2) is 16.6 Å². The Balaban J connectivity index is 3.05. The van der Waals surface area contributed by atoms with Crippen molar-refractivity contribution in [3.8, 4) is 6.07 Å². The van der Waals surface area contributed by atoms with E-state index in [4.69, 9.17) is 17.0 Å². The zero-order valence-electron chi connectivity index (χ0n) is 12.6. The minimum Gasteiger partial charge on any atom is -0.467 e. The van der Waals surface area contributed by atoms with E-state index in [1.807, 2.05) is 6.92 Å². The van der Waals surface area contributed by atoms with E-state index >= 15 is 0 Å².